The first-order valence-electron chi connectivity index (χ1n) is 12.9. The van der Waals surface area contributed by atoms with Gasteiger partial charge in [-0.3, -0.25) is 0 Å². The molecule has 0 bridgehead atoms. The lowest BCUT2D eigenvalue weighted by Crippen LogP contribution is -2.14. The van der Waals surface area contributed by atoms with E-state index in [2.05, 4.69) is 83.8 Å². The number of hydrogen-bond acceptors (Lipinski definition) is 6. The molecule has 6 aromatic rings. The summed E-state index contributed by atoms with van der Waals surface area (Å²) >= 11 is 1.80. The summed E-state index contributed by atoms with van der Waals surface area (Å²) in [6.45, 7) is 0. The SMILES string of the molecule is N#Cc1ccc(-c2nc(-c3ccccc3)nc(-c3ccc(N4c5ccccc5Sc5ccccc54)cc3)n2)cc1. The van der Waals surface area contributed by atoms with E-state index >= 15 is 0 Å². The van der Waals surface area contributed by atoms with Crippen molar-refractivity contribution in [1.82, 2.24) is 15.0 Å². The first kappa shape index (κ1) is 23.8. The molecule has 0 aliphatic carbocycles. The molecule has 1 aliphatic heterocycles. The maximum atomic E-state index is 9.21. The number of hydrogen-bond donors (Lipinski definition) is 0. The van der Waals surface area contributed by atoms with E-state index in [1.807, 2.05) is 42.5 Å². The third kappa shape index (κ3) is 4.39. The van der Waals surface area contributed by atoms with E-state index in [1.165, 1.54) is 9.79 Å². The number of aromatic nitrogens is 3. The molecule has 40 heavy (non-hydrogen) atoms. The van der Waals surface area contributed by atoms with Gasteiger partial charge in [0.05, 0.1) is 23.0 Å². The van der Waals surface area contributed by atoms with Crippen LogP contribution in [0.25, 0.3) is 34.2 Å². The van der Waals surface area contributed by atoms with Crippen LogP contribution in [0.2, 0.25) is 0 Å². The molecule has 5 nitrogen and oxygen atoms in total. The first-order chi connectivity index (χ1) is 19.8. The molecule has 5 aromatic carbocycles. The fraction of sp³-hybridized carbons (Fsp3) is 0. The second-order valence-electron chi connectivity index (χ2n) is 9.28. The van der Waals surface area contributed by atoms with Gasteiger partial charge in [-0.15, -0.1) is 0 Å². The lowest BCUT2D eigenvalue weighted by atomic mass is 10.1. The molecule has 1 aromatic heterocycles. The average Bonchev–Trinajstić information content (AvgIpc) is 3.04. The van der Waals surface area contributed by atoms with Gasteiger partial charge >= 0.3 is 0 Å². The summed E-state index contributed by atoms with van der Waals surface area (Å²) in [7, 11) is 0. The summed E-state index contributed by atoms with van der Waals surface area (Å²) in [6, 6.07) is 44.7. The third-order valence-corrected chi connectivity index (χ3v) is 7.89. The van der Waals surface area contributed by atoms with E-state index in [1.54, 1.807) is 23.9 Å². The molecule has 2 heterocycles. The molecule has 0 unspecified atom stereocenters. The Hall–Kier alpha value is -5.25. The molecule has 1 aliphatic rings. The monoisotopic (exact) mass is 531 g/mol. The molecule has 0 fully saturated rings. The highest BCUT2D eigenvalue weighted by atomic mass is 32.2. The van der Waals surface area contributed by atoms with Gasteiger partial charge in [0.1, 0.15) is 0 Å². The Morgan fingerprint density at radius 1 is 0.500 bits per heavy atom. The number of nitrogens with zero attached hydrogens (tertiary/aromatic N) is 5. The van der Waals surface area contributed by atoms with Crippen molar-refractivity contribution in [2.75, 3.05) is 4.90 Å². The minimum absolute atomic E-state index is 0.563. The highest BCUT2D eigenvalue weighted by Crippen LogP contribution is 2.51. The number of fused-ring (bicyclic) bond motifs is 2. The normalized spacial score (nSPS) is 11.8. The highest BCUT2D eigenvalue weighted by molar-refractivity contribution is 7.99. The van der Waals surface area contributed by atoms with Crippen LogP contribution < -0.4 is 4.90 Å². The van der Waals surface area contributed by atoms with Gasteiger partial charge in [0.2, 0.25) is 0 Å². The van der Waals surface area contributed by atoms with Gasteiger partial charge in [-0.1, -0.05) is 66.4 Å². The van der Waals surface area contributed by atoms with Gasteiger partial charge in [0.15, 0.2) is 17.5 Å². The van der Waals surface area contributed by atoms with E-state index in [4.69, 9.17) is 15.0 Å². The molecule has 0 saturated carbocycles. The van der Waals surface area contributed by atoms with Crippen molar-refractivity contribution in [3.63, 3.8) is 0 Å². The molecule has 0 N–H and O–H groups in total. The van der Waals surface area contributed by atoms with E-state index in [0.29, 0.717) is 23.0 Å². The fourth-order valence-electron chi connectivity index (χ4n) is 4.79. The molecule has 0 atom stereocenters. The van der Waals surface area contributed by atoms with E-state index < -0.39 is 0 Å². The summed E-state index contributed by atoms with van der Waals surface area (Å²) in [5.41, 5.74) is 6.62. The van der Waals surface area contributed by atoms with Crippen LogP contribution in [0.4, 0.5) is 17.1 Å². The van der Waals surface area contributed by atoms with Crippen molar-refractivity contribution in [3.8, 4) is 40.2 Å². The Balaban J connectivity index is 1.32. The van der Waals surface area contributed by atoms with Gasteiger partial charge < -0.3 is 4.90 Å². The average molecular weight is 532 g/mol. The zero-order valence-electron chi connectivity index (χ0n) is 21.3. The van der Waals surface area contributed by atoms with Gasteiger partial charge in [0, 0.05) is 32.2 Å². The zero-order valence-corrected chi connectivity index (χ0v) is 22.1. The van der Waals surface area contributed by atoms with E-state index in [9.17, 15) is 5.26 Å². The van der Waals surface area contributed by atoms with Crippen molar-refractivity contribution in [2.24, 2.45) is 0 Å². The molecule has 6 heteroatoms. The number of benzene rings is 5. The van der Waals surface area contributed by atoms with Gasteiger partial charge in [-0.2, -0.15) is 5.26 Å². The number of nitriles is 1. The Morgan fingerprint density at radius 2 is 0.950 bits per heavy atom. The predicted molar refractivity (Wildman–Crippen MR) is 160 cm³/mol. The van der Waals surface area contributed by atoms with Crippen LogP contribution in [0.15, 0.2) is 137 Å². The van der Waals surface area contributed by atoms with Crippen molar-refractivity contribution < 1.29 is 0 Å². The maximum absolute atomic E-state index is 9.21. The van der Waals surface area contributed by atoms with Crippen LogP contribution in [0.5, 0.6) is 0 Å². The van der Waals surface area contributed by atoms with Crippen LogP contribution in [-0.4, -0.2) is 15.0 Å². The van der Waals surface area contributed by atoms with Crippen molar-refractivity contribution in [3.05, 3.63) is 133 Å². The first-order valence-corrected chi connectivity index (χ1v) is 13.7. The third-order valence-electron chi connectivity index (χ3n) is 6.76. The minimum Gasteiger partial charge on any atom is -0.308 e. The zero-order chi connectivity index (χ0) is 26.9. The quantitative estimate of drug-likeness (QED) is 0.226. The van der Waals surface area contributed by atoms with Crippen LogP contribution in [0.3, 0.4) is 0 Å². The van der Waals surface area contributed by atoms with E-state index in [0.717, 1.165) is 33.8 Å². The Morgan fingerprint density at radius 3 is 1.48 bits per heavy atom. The van der Waals surface area contributed by atoms with Crippen LogP contribution in [-0.2, 0) is 0 Å². The van der Waals surface area contributed by atoms with Gasteiger partial charge in [0.25, 0.3) is 0 Å². The largest absolute Gasteiger partial charge is 0.308 e. The molecule has 0 amide bonds. The van der Waals surface area contributed by atoms with Crippen molar-refractivity contribution in [1.29, 1.82) is 5.26 Å². The standard InChI is InChI=1S/C34H21N5S/c35-22-23-14-16-25(17-15-23)33-36-32(24-8-2-1-3-9-24)37-34(38-33)26-18-20-27(21-19-26)39-28-10-4-6-12-30(28)40-31-13-7-5-11-29(31)39/h1-21H. The van der Waals surface area contributed by atoms with Crippen molar-refractivity contribution in [2.45, 2.75) is 9.79 Å². The minimum atomic E-state index is 0.563. The lowest BCUT2D eigenvalue weighted by Gasteiger charge is -2.32. The Bertz CT molecular complexity index is 1830. The number of para-hydroxylation sites is 2. The summed E-state index contributed by atoms with van der Waals surface area (Å²) in [5, 5.41) is 9.21. The van der Waals surface area contributed by atoms with Crippen LogP contribution in [0.1, 0.15) is 5.56 Å². The Kier molecular flexibility index (Phi) is 6.04. The lowest BCUT2D eigenvalue weighted by molar-refractivity contribution is 1.07. The summed E-state index contributed by atoms with van der Waals surface area (Å²) in [6.07, 6.45) is 0. The molecule has 0 spiro atoms. The number of anilines is 3. The summed E-state index contributed by atoms with van der Waals surface area (Å²) in [5.74, 6) is 1.76. The van der Waals surface area contributed by atoms with Crippen LogP contribution >= 0.6 is 11.8 Å². The second-order valence-corrected chi connectivity index (χ2v) is 10.4. The highest BCUT2D eigenvalue weighted by Gasteiger charge is 2.24. The summed E-state index contributed by atoms with van der Waals surface area (Å²) < 4.78 is 0. The molecule has 7 rings (SSSR count). The molecule has 0 radical (unpaired) electrons. The van der Waals surface area contributed by atoms with Gasteiger partial charge in [-0.05, 0) is 72.8 Å². The maximum Gasteiger partial charge on any atom is 0.164 e. The van der Waals surface area contributed by atoms with E-state index in [-0.39, 0.29) is 0 Å². The van der Waals surface area contributed by atoms with Crippen LogP contribution in [0, 0.1) is 11.3 Å². The molecule has 188 valence electrons. The smallest absolute Gasteiger partial charge is 0.164 e. The predicted octanol–water partition coefficient (Wildman–Crippen LogP) is 8.68. The number of rotatable bonds is 4. The van der Waals surface area contributed by atoms with Gasteiger partial charge in [-0.25, -0.2) is 15.0 Å². The molecular weight excluding hydrogens is 510 g/mol. The second kappa shape index (κ2) is 10.1. The fourth-order valence-corrected chi connectivity index (χ4v) is 5.84. The topological polar surface area (TPSA) is 65.7 Å². The van der Waals surface area contributed by atoms with Crippen molar-refractivity contribution >= 4 is 28.8 Å². The molecular formula is C34H21N5S. The molecule has 0 saturated heterocycles. The summed E-state index contributed by atoms with van der Waals surface area (Å²) in [4.78, 5) is 19.2. The Labute approximate surface area is 236 Å².